The lowest BCUT2D eigenvalue weighted by atomic mass is 9.98. The molecule has 0 radical (unpaired) electrons. The summed E-state index contributed by atoms with van der Waals surface area (Å²) >= 11 is 15.8. The first-order valence-electron chi connectivity index (χ1n) is 6.58. The average molecular weight is 389 g/mol. The van der Waals surface area contributed by atoms with Crippen molar-refractivity contribution < 1.29 is 4.74 Å². The molecule has 2 nitrogen and oxygen atoms in total. The van der Waals surface area contributed by atoms with Gasteiger partial charge in [0.15, 0.2) is 0 Å². The molecule has 2 aromatic carbocycles. The van der Waals surface area contributed by atoms with Crippen molar-refractivity contribution in [3.8, 4) is 5.75 Å². The van der Waals surface area contributed by atoms with E-state index in [0.717, 1.165) is 22.1 Å². The molecule has 1 atom stereocenters. The number of benzene rings is 2. The van der Waals surface area contributed by atoms with Crippen molar-refractivity contribution in [2.45, 2.75) is 13.0 Å². The Balaban J connectivity index is 2.42. The lowest BCUT2D eigenvalue weighted by molar-refractivity contribution is 0.414. The zero-order valence-electron chi connectivity index (χ0n) is 11.8. The molecule has 5 heteroatoms. The van der Waals surface area contributed by atoms with Crippen LogP contribution in [0.2, 0.25) is 10.0 Å². The van der Waals surface area contributed by atoms with Gasteiger partial charge in [0, 0.05) is 4.47 Å². The predicted octanol–water partition coefficient (Wildman–Crippen LogP) is 5.46. The molecule has 0 spiro atoms. The smallest absolute Gasteiger partial charge is 0.137 e. The Morgan fingerprint density at radius 3 is 2.33 bits per heavy atom. The van der Waals surface area contributed by atoms with E-state index in [1.165, 1.54) is 0 Å². The third-order valence-corrected chi connectivity index (χ3v) is 4.70. The fourth-order valence-electron chi connectivity index (χ4n) is 2.19. The molecule has 0 aliphatic heterocycles. The molecule has 0 saturated carbocycles. The second-order valence-corrected chi connectivity index (χ2v) is 6.23. The van der Waals surface area contributed by atoms with Crippen LogP contribution in [0.4, 0.5) is 0 Å². The Kier molecular flexibility index (Phi) is 5.94. The molecule has 1 unspecified atom stereocenters. The summed E-state index contributed by atoms with van der Waals surface area (Å²) in [7, 11) is 1.61. The van der Waals surface area contributed by atoms with Gasteiger partial charge in [-0.05, 0) is 57.9 Å². The SMILES string of the molecule is CCNC(c1ccc(OC)c(Cl)c1)c1ccc(Cl)c(Br)c1. The van der Waals surface area contributed by atoms with E-state index in [4.69, 9.17) is 27.9 Å². The monoisotopic (exact) mass is 387 g/mol. The summed E-state index contributed by atoms with van der Waals surface area (Å²) in [4.78, 5) is 0. The zero-order valence-corrected chi connectivity index (χ0v) is 14.9. The number of hydrogen-bond donors (Lipinski definition) is 1. The van der Waals surface area contributed by atoms with Crippen LogP contribution in [-0.4, -0.2) is 13.7 Å². The van der Waals surface area contributed by atoms with Crippen molar-refractivity contribution in [1.82, 2.24) is 5.32 Å². The topological polar surface area (TPSA) is 21.3 Å². The number of methoxy groups -OCH3 is 1. The van der Waals surface area contributed by atoms with Crippen LogP contribution in [0.25, 0.3) is 0 Å². The van der Waals surface area contributed by atoms with Gasteiger partial charge in [0.2, 0.25) is 0 Å². The largest absolute Gasteiger partial charge is 0.495 e. The molecular weight excluding hydrogens is 373 g/mol. The highest BCUT2D eigenvalue weighted by Gasteiger charge is 2.15. The predicted molar refractivity (Wildman–Crippen MR) is 92.7 cm³/mol. The lowest BCUT2D eigenvalue weighted by Gasteiger charge is -2.20. The minimum atomic E-state index is 0.0481. The first-order chi connectivity index (χ1) is 10.1. The van der Waals surface area contributed by atoms with Crippen molar-refractivity contribution in [2.24, 2.45) is 0 Å². The first-order valence-corrected chi connectivity index (χ1v) is 8.13. The van der Waals surface area contributed by atoms with Gasteiger partial charge in [-0.1, -0.05) is 42.3 Å². The molecule has 112 valence electrons. The molecule has 2 rings (SSSR count). The van der Waals surface area contributed by atoms with E-state index < -0.39 is 0 Å². The molecule has 1 N–H and O–H groups in total. The highest BCUT2D eigenvalue weighted by atomic mass is 79.9. The fourth-order valence-corrected chi connectivity index (χ4v) is 2.97. The molecule has 0 saturated heterocycles. The van der Waals surface area contributed by atoms with Gasteiger partial charge >= 0.3 is 0 Å². The molecule has 0 bridgehead atoms. The fraction of sp³-hybridized carbons (Fsp3) is 0.250. The third kappa shape index (κ3) is 3.92. The highest BCUT2D eigenvalue weighted by molar-refractivity contribution is 9.10. The van der Waals surface area contributed by atoms with Gasteiger partial charge in [0.25, 0.3) is 0 Å². The molecule has 0 aliphatic rings. The molecular formula is C16H16BrCl2NO. The van der Waals surface area contributed by atoms with E-state index in [9.17, 15) is 0 Å². The van der Waals surface area contributed by atoms with Crippen molar-refractivity contribution >= 4 is 39.1 Å². The standard InChI is InChI=1S/C16H16BrCl2NO/c1-3-20-16(10-4-6-13(18)12(17)8-10)11-5-7-15(21-2)14(19)9-11/h4-9,16,20H,3H2,1-2H3. The highest BCUT2D eigenvalue weighted by Crippen LogP contribution is 2.32. The normalized spacial score (nSPS) is 12.2. The summed E-state index contributed by atoms with van der Waals surface area (Å²) < 4.78 is 6.08. The minimum absolute atomic E-state index is 0.0481. The summed E-state index contributed by atoms with van der Waals surface area (Å²) in [5.41, 5.74) is 2.20. The van der Waals surface area contributed by atoms with Gasteiger partial charge in [0.1, 0.15) is 5.75 Å². The maximum absolute atomic E-state index is 6.23. The van der Waals surface area contributed by atoms with Crippen LogP contribution < -0.4 is 10.1 Å². The van der Waals surface area contributed by atoms with Gasteiger partial charge in [0.05, 0.1) is 23.2 Å². The first kappa shape index (κ1) is 16.6. The molecule has 0 fully saturated rings. The van der Waals surface area contributed by atoms with E-state index in [-0.39, 0.29) is 6.04 Å². The van der Waals surface area contributed by atoms with Crippen molar-refractivity contribution in [3.05, 3.63) is 62.0 Å². The molecule has 0 heterocycles. The van der Waals surface area contributed by atoms with Gasteiger partial charge in [-0.3, -0.25) is 0 Å². The number of ether oxygens (including phenoxy) is 1. The zero-order chi connectivity index (χ0) is 15.4. The van der Waals surface area contributed by atoms with Crippen LogP contribution in [0.15, 0.2) is 40.9 Å². The second-order valence-electron chi connectivity index (χ2n) is 4.56. The summed E-state index contributed by atoms with van der Waals surface area (Å²) in [5, 5.41) is 4.76. The van der Waals surface area contributed by atoms with Gasteiger partial charge < -0.3 is 10.1 Å². The van der Waals surface area contributed by atoms with E-state index in [1.54, 1.807) is 7.11 Å². The summed E-state index contributed by atoms with van der Waals surface area (Å²) in [5.74, 6) is 0.674. The van der Waals surface area contributed by atoms with Gasteiger partial charge in [-0.25, -0.2) is 0 Å². The maximum Gasteiger partial charge on any atom is 0.137 e. The van der Waals surface area contributed by atoms with E-state index in [2.05, 4.69) is 28.2 Å². The molecule has 0 aromatic heterocycles. The molecule has 21 heavy (non-hydrogen) atoms. The number of halogens is 3. The van der Waals surface area contributed by atoms with E-state index in [1.807, 2.05) is 36.4 Å². The van der Waals surface area contributed by atoms with Crippen molar-refractivity contribution in [1.29, 1.82) is 0 Å². The van der Waals surface area contributed by atoms with Crippen LogP contribution in [0, 0.1) is 0 Å². The van der Waals surface area contributed by atoms with Crippen LogP contribution >= 0.6 is 39.1 Å². The quantitative estimate of drug-likeness (QED) is 0.733. The van der Waals surface area contributed by atoms with E-state index in [0.29, 0.717) is 15.8 Å². The van der Waals surface area contributed by atoms with Crippen LogP contribution in [0.3, 0.4) is 0 Å². The molecule has 0 amide bonds. The summed E-state index contributed by atoms with van der Waals surface area (Å²) in [6, 6.07) is 11.8. The Labute approximate surface area is 143 Å². The number of hydrogen-bond acceptors (Lipinski definition) is 2. The van der Waals surface area contributed by atoms with Gasteiger partial charge in [-0.2, -0.15) is 0 Å². The Hall–Kier alpha value is -0.740. The Bertz CT molecular complexity index is 634. The second kappa shape index (κ2) is 7.50. The lowest BCUT2D eigenvalue weighted by Crippen LogP contribution is -2.22. The number of rotatable bonds is 5. The molecule has 2 aromatic rings. The Morgan fingerprint density at radius 2 is 1.76 bits per heavy atom. The minimum Gasteiger partial charge on any atom is -0.495 e. The average Bonchev–Trinajstić information content (AvgIpc) is 2.48. The van der Waals surface area contributed by atoms with Crippen molar-refractivity contribution in [2.75, 3.05) is 13.7 Å². The van der Waals surface area contributed by atoms with Crippen molar-refractivity contribution in [3.63, 3.8) is 0 Å². The Morgan fingerprint density at radius 1 is 1.10 bits per heavy atom. The van der Waals surface area contributed by atoms with Crippen LogP contribution in [0.1, 0.15) is 24.1 Å². The van der Waals surface area contributed by atoms with E-state index >= 15 is 0 Å². The van der Waals surface area contributed by atoms with Crippen LogP contribution in [-0.2, 0) is 0 Å². The maximum atomic E-state index is 6.23. The summed E-state index contributed by atoms with van der Waals surface area (Å²) in [6.45, 7) is 2.91. The summed E-state index contributed by atoms with van der Waals surface area (Å²) in [6.07, 6.45) is 0. The van der Waals surface area contributed by atoms with Gasteiger partial charge in [-0.15, -0.1) is 0 Å². The molecule has 0 aliphatic carbocycles. The number of nitrogens with one attached hydrogen (secondary N) is 1. The third-order valence-electron chi connectivity index (χ3n) is 3.19. The van der Waals surface area contributed by atoms with Crippen LogP contribution in [0.5, 0.6) is 5.75 Å².